The number of carbonyl (C=O) groups excluding carboxylic acids is 1. The Kier molecular flexibility index (Phi) is 5.92. The van der Waals surface area contributed by atoms with Crippen LogP contribution in [-0.4, -0.2) is 30.2 Å². The minimum atomic E-state index is -0.398. The maximum absolute atomic E-state index is 13.0. The van der Waals surface area contributed by atoms with Gasteiger partial charge in [0.2, 0.25) is 5.78 Å². The lowest BCUT2D eigenvalue weighted by molar-refractivity contribution is 0.0994. The molecule has 6 nitrogen and oxygen atoms in total. The van der Waals surface area contributed by atoms with Crippen molar-refractivity contribution < 1.29 is 4.79 Å². The molecule has 4 aromatic rings. The summed E-state index contributed by atoms with van der Waals surface area (Å²) in [5.74, 6) is 0.458. The molecule has 0 amide bonds. The zero-order valence-corrected chi connectivity index (χ0v) is 18.3. The Bertz CT molecular complexity index is 1300. The molecule has 0 radical (unpaired) electrons. The van der Waals surface area contributed by atoms with Crippen molar-refractivity contribution in [1.29, 1.82) is 0 Å². The standard InChI is InChI=1S/C22H21ClN4O2S/c1-3-4-12-26-20(29)17-10-5-6-11-18(17)27-21(26)24-25-22(27)30-14(2)19(28)15-8-7-9-16(23)13-15/h5-11,13-14H,3-4,12H2,1-2H3. The first-order valence-electron chi connectivity index (χ1n) is 9.84. The molecule has 2 aromatic carbocycles. The van der Waals surface area contributed by atoms with E-state index < -0.39 is 5.25 Å². The number of carbonyl (C=O) groups is 1. The summed E-state index contributed by atoms with van der Waals surface area (Å²) in [5.41, 5.74) is 1.22. The summed E-state index contributed by atoms with van der Waals surface area (Å²) in [4.78, 5) is 25.9. The maximum atomic E-state index is 13.0. The number of unbranched alkanes of at least 4 members (excludes halogenated alkanes) is 1. The van der Waals surface area contributed by atoms with E-state index in [1.54, 1.807) is 28.8 Å². The molecule has 1 unspecified atom stereocenters. The van der Waals surface area contributed by atoms with Gasteiger partial charge in [0.25, 0.3) is 5.56 Å². The molecular formula is C22H21ClN4O2S. The van der Waals surface area contributed by atoms with Gasteiger partial charge in [-0.15, -0.1) is 10.2 Å². The predicted molar refractivity (Wildman–Crippen MR) is 121 cm³/mol. The minimum absolute atomic E-state index is 0.0390. The largest absolute Gasteiger partial charge is 0.293 e. The number of fused-ring (bicyclic) bond motifs is 3. The van der Waals surface area contributed by atoms with Gasteiger partial charge in [-0.2, -0.15) is 0 Å². The predicted octanol–water partition coefficient (Wildman–Crippen LogP) is 4.86. The monoisotopic (exact) mass is 440 g/mol. The van der Waals surface area contributed by atoms with Crippen molar-refractivity contribution in [3.05, 3.63) is 69.5 Å². The third-order valence-corrected chi connectivity index (χ3v) is 6.25. The van der Waals surface area contributed by atoms with Crippen LogP contribution < -0.4 is 5.56 Å². The summed E-state index contributed by atoms with van der Waals surface area (Å²) in [7, 11) is 0. The van der Waals surface area contributed by atoms with Crippen molar-refractivity contribution >= 4 is 45.8 Å². The highest BCUT2D eigenvalue weighted by Crippen LogP contribution is 2.27. The number of thioether (sulfide) groups is 1. The van der Waals surface area contributed by atoms with Gasteiger partial charge >= 0.3 is 0 Å². The Morgan fingerprint density at radius 2 is 1.97 bits per heavy atom. The highest BCUT2D eigenvalue weighted by molar-refractivity contribution is 8.00. The topological polar surface area (TPSA) is 69.3 Å². The molecule has 0 spiro atoms. The Morgan fingerprint density at radius 1 is 1.17 bits per heavy atom. The summed E-state index contributed by atoms with van der Waals surface area (Å²) in [6, 6.07) is 14.4. The van der Waals surface area contributed by atoms with Gasteiger partial charge in [0.1, 0.15) is 0 Å². The highest BCUT2D eigenvalue weighted by atomic mass is 35.5. The molecule has 0 saturated heterocycles. The van der Waals surface area contributed by atoms with Gasteiger partial charge < -0.3 is 0 Å². The van der Waals surface area contributed by atoms with Crippen molar-refractivity contribution in [1.82, 2.24) is 19.2 Å². The average Bonchev–Trinajstić information content (AvgIpc) is 3.16. The molecule has 8 heteroatoms. The number of aryl methyl sites for hydroxylation is 1. The van der Waals surface area contributed by atoms with Gasteiger partial charge in [-0.1, -0.05) is 61.0 Å². The van der Waals surface area contributed by atoms with Gasteiger partial charge in [0, 0.05) is 17.1 Å². The van der Waals surface area contributed by atoms with Crippen LogP contribution in [0.2, 0.25) is 5.02 Å². The van der Waals surface area contributed by atoms with Crippen LogP contribution in [0.15, 0.2) is 58.5 Å². The van der Waals surface area contributed by atoms with E-state index in [1.807, 2.05) is 35.6 Å². The lowest BCUT2D eigenvalue weighted by atomic mass is 10.1. The number of ketones is 1. The fraction of sp³-hybridized carbons (Fsp3) is 0.273. The van der Waals surface area contributed by atoms with E-state index >= 15 is 0 Å². The summed E-state index contributed by atoms with van der Waals surface area (Å²) >= 11 is 7.36. The van der Waals surface area contributed by atoms with Crippen LogP contribution in [0, 0.1) is 0 Å². The summed E-state index contributed by atoms with van der Waals surface area (Å²) in [5, 5.41) is 9.94. The number of halogens is 1. The van der Waals surface area contributed by atoms with Gasteiger partial charge in [0.15, 0.2) is 10.9 Å². The van der Waals surface area contributed by atoms with Crippen molar-refractivity contribution in [2.24, 2.45) is 0 Å². The molecule has 0 fully saturated rings. The van der Waals surface area contributed by atoms with Crippen molar-refractivity contribution in [3.63, 3.8) is 0 Å². The number of nitrogens with zero attached hydrogens (tertiary/aromatic N) is 4. The first kappa shape index (κ1) is 20.6. The van der Waals surface area contributed by atoms with Gasteiger partial charge in [-0.3, -0.25) is 18.6 Å². The molecule has 0 N–H and O–H groups in total. The van der Waals surface area contributed by atoms with Crippen LogP contribution in [-0.2, 0) is 6.54 Å². The van der Waals surface area contributed by atoms with Crippen LogP contribution in [0.1, 0.15) is 37.0 Å². The van der Waals surface area contributed by atoms with Crippen molar-refractivity contribution in [3.8, 4) is 0 Å². The average molecular weight is 441 g/mol. The molecule has 30 heavy (non-hydrogen) atoms. The van der Waals surface area contributed by atoms with Gasteiger partial charge in [-0.05, 0) is 37.6 Å². The highest BCUT2D eigenvalue weighted by Gasteiger charge is 2.22. The van der Waals surface area contributed by atoms with E-state index in [0.717, 1.165) is 18.4 Å². The van der Waals surface area contributed by atoms with Crippen molar-refractivity contribution in [2.75, 3.05) is 0 Å². The Balaban J connectivity index is 1.79. The first-order valence-corrected chi connectivity index (χ1v) is 11.1. The molecule has 1 atom stereocenters. The normalized spacial score (nSPS) is 12.5. The minimum Gasteiger partial charge on any atom is -0.293 e. The smallest absolute Gasteiger partial charge is 0.262 e. The van der Waals surface area contributed by atoms with Crippen LogP contribution >= 0.6 is 23.4 Å². The Morgan fingerprint density at radius 3 is 2.73 bits per heavy atom. The molecule has 0 bridgehead atoms. The lowest BCUT2D eigenvalue weighted by Crippen LogP contribution is -2.23. The van der Waals surface area contributed by atoms with Gasteiger partial charge in [-0.25, -0.2) is 0 Å². The number of Topliss-reactive ketones (excluding diaryl/α,β-unsaturated/α-hetero) is 1. The summed E-state index contributed by atoms with van der Waals surface area (Å²) < 4.78 is 3.55. The number of hydrogen-bond acceptors (Lipinski definition) is 5. The molecule has 2 aromatic heterocycles. The lowest BCUT2D eigenvalue weighted by Gasteiger charge is -2.12. The molecule has 0 aliphatic carbocycles. The zero-order valence-electron chi connectivity index (χ0n) is 16.7. The number of para-hydroxylation sites is 1. The van der Waals surface area contributed by atoms with E-state index in [0.29, 0.717) is 33.5 Å². The second kappa shape index (κ2) is 8.62. The number of rotatable bonds is 7. The van der Waals surface area contributed by atoms with E-state index in [4.69, 9.17) is 11.6 Å². The third-order valence-electron chi connectivity index (χ3n) is 4.97. The number of benzene rings is 2. The SMILES string of the molecule is CCCCn1c(=O)c2ccccc2n2c(SC(C)C(=O)c3cccc(Cl)c3)nnc12. The molecule has 2 heterocycles. The van der Waals surface area contributed by atoms with E-state index in [-0.39, 0.29) is 11.3 Å². The second-order valence-electron chi connectivity index (χ2n) is 7.08. The molecule has 0 aliphatic heterocycles. The van der Waals surface area contributed by atoms with E-state index in [1.165, 1.54) is 11.8 Å². The van der Waals surface area contributed by atoms with Crippen LogP contribution in [0.5, 0.6) is 0 Å². The maximum Gasteiger partial charge on any atom is 0.262 e. The number of aromatic nitrogens is 4. The van der Waals surface area contributed by atoms with Crippen LogP contribution in [0.3, 0.4) is 0 Å². The summed E-state index contributed by atoms with van der Waals surface area (Å²) in [6.07, 6.45) is 1.83. The second-order valence-corrected chi connectivity index (χ2v) is 8.82. The van der Waals surface area contributed by atoms with Crippen LogP contribution in [0.25, 0.3) is 16.7 Å². The zero-order chi connectivity index (χ0) is 21.3. The third kappa shape index (κ3) is 3.75. The van der Waals surface area contributed by atoms with Crippen molar-refractivity contribution in [2.45, 2.75) is 43.6 Å². The van der Waals surface area contributed by atoms with Crippen LogP contribution in [0.4, 0.5) is 0 Å². The quantitative estimate of drug-likeness (QED) is 0.303. The fourth-order valence-electron chi connectivity index (χ4n) is 3.42. The van der Waals surface area contributed by atoms with E-state index in [2.05, 4.69) is 17.1 Å². The molecule has 0 aliphatic rings. The Hall–Kier alpha value is -2.64. The molecular weight excluding hydrogens is 420 g/mol. The molecule has 0 saturated carbocycles. The number of hydrogen-bond donors (Lipinski definition) is 0. The van der Waals surface area contributed by atoms with Gasteiger partial charge in [0.05, 0.1) is 16.2 Å². The fourth-order valence-corrected chi connectivity index (χ4v) is 4.54. The summed E-state index contributed by atoms with van der Waals surface area (Å²) in [6.45, 7) is 4.49. The molecule has 154 valence electrons. The Labute approximate surface area is 182 Å². The first-order chi connectivity index (χ1) is 14.5. The van der Waals surface area contributed by atoms with E-state index in [9.17, 15) is 9.59 Å². The molecule has 4 rings (SSSR count).